The Kier molecular flexibility index (Phi) is 4.56. The van der Waals surface area contributed by atoms with E-state index < -0.39 is 0 Å². The van der Waals surface area contributed by atoms with E-state index in [1.165, 1.54) is 25.0 Å². The lowest BCUT2D eigenvalue weighted by Gasteiger charge is -2.21. The number of thioether (sulfide) groups is 1. The summed E-state index contributed by atoms with van der Waals surface area (Å²) in [5, 5.41) is 3.92. The van der Waals surface area contributed by atoms with Crippen LogP contribution in [0.15, 0.2) is 12.3 Å². The number of aromatic nitrogens is 2. The lowest BCUT2D eigenvalue weighted by atomic mass is 10.2. The van der Waals surface area contributed by atoms with Crippen LogP contribution in [0.25, 0.3) is 0 Å². The SMILES string of the molecule is NC(=S)c1ccnc(NCC2CCCCS2)n1. The summed E-state index contributed by atoms with van der Waals surface area (Å²) < 4.78 is 0. The van der Waals surface area contributed by atoms with Gasteiger partial charge in [-0.05, 0) is 24.7 Å². The Bertz CT molecular complexity index is 391. The highest BCUT2D eigenvalue weighted by Gasteiger charge is 2.13. The molecule has 3 N–H and O–H groups in total. The first kappa shape index (κ1) is 12.6. The van der Waals surface area contributed by atoms with Crippen LogP contribution in [0.2, 0.25) is 0 Å². The lowest BCUT2D eigenvalue weighted by Crippen LogP contribution is -2.21. The molecule has 1 aromatic rings. The molecule has 2 rings (SSSR count). The Morgan fingerprint density at radius 3 is 3.18 bits per heavy atom. The third kappa shape index (κ3) is 3.81. The van der Waals surface area contributed by atoms with Crippen molar-refractivity contribution in [2.45, 2.75) is 24.5 Å². The Morgan fingerprint density at radius 1 is 1.59 bits per heavy atom. The molecule has 0 aromatic carbocycles. The van der Waals surface area contributed by atoms with E-state index in [-0.39, 0.29) is 0 Å². The van der Waals surface area contributed by atoms with E-state index in [1.54, 1.807) is 12.3 Å². The third-order valence-electron chi connectivity index (χ3n) is 2.67. The summed E-state index contributed by atoms with van der Waals surface area (Å²) in [4.78, 5) is 8.73. The fourth-order valence-electron chi connectivity index (χ4n) is 1.75. The maximum atomic E-state index is 5.53. The van der Waals surface area contributed by atoms with Crippen molar-refractivity contribution in [3.63, 3.8) is 0 Å². The molecule has 17 heavy (non-hydrogen) atoms. The molecule has 0 amide bonds. The van der Waals surface area contributed by atoms with Gasteiger partial charge in [0, 0.05) is 18.0 Å². The van der Waals surface area contributed by atoms with Crippen molar-refractivity contribution in [1.82, 2.24) is 9.97 Å². The zero-order valence-corrected chi connectivity index (χ0v) is 11.2. The number of thiocarbonyl (C=S) groups is 1. The van der Waals surface area contributed by atoms with E-state index in [2.05, 4.69) is 15.3 Å². The Labute approximate surface area is 111 Å². The van der Waals surface area contributed by atoms with E-state index in [9.17, 15) is 0 Å². The van der Waals surface area contributed by atoms with E-state index in [0.717, 1.165) is 6.54 Å². The largest absolute Gasteiger partial charge is 0.388 e. The fourth-order valence-corrected chi connectivity index (χ4v) is 3.11. The van der Waals surface area contributed by atoms with Gasteiger partial charge in [0.15, 0.2) is 0 Å². The third-order valence-corrected chi connectivity index (χ3v) is 4.28. The van der Waals surface area contributed by atoms with Gasteiger partial charge in [0.1, 0.15) is 10.7 Å². The second-order valence-corrected chi connectivity index (χ2v) is 5.85. The number of hydrogen-bond acceptors (Lipinski definition) is 5. The number of anilines is 1. The van der Waals surface area contributed by atoms with Crippen LogP contribution in [0.3, 0.4) is 0 Å². The highest BCUT2D eigenvalue weighted by Crippen LogP contribution is 2.24. The zero-order valence-electron chi connectivity index (χ0n) is 9.56. The molecule has 92 valence electrons. The summed E-state index contributed by atoms with van der Waals surface area (Å²) in [6, 6.07) is 1.73. The van der Waals surface area contributed by atoms with Gasteiger partial charge in [0.05, 0.1) is 0 Å². The predicted molar refractivity (Wildman–Crippen MR) is 76.5 cm³/mol. The molecule has 0 aliphatic carbocycles. The van der Waals surface area contributed by atoms with Crippen molar-refractivity contribution in [1.29, 1.82) is 0 Å². The molecule has 0 radical (unpaired) electrons. The average molecular weight is 268 g/mol. The Morgan fingerprint density at radius 2 is 2.47 bits per heavy atom. The average Bonchev–Trinajstić information content (AvgIpc) is 2.38. The summed E-state index contributed by atoms with van der Waals surface area (Å²) in [6.07, 6.45) is 5.62. The second-order valence-electron chi connectivity index (χ2n) is 4.00. The molecule has 0 spiro atoms. The quantitative estimate of drug-likeness (QED) is 0.812. The van der Waals surface area contributed by atoms with Crippen LogP contribution in [0.4, 0.5) is 5.95 Å². The smallest absolute Gasteiger partial charge is 0.223 e. The molecule has 0 bridgehead atoms. The van der Waals surface area contributed by atoms with Gasteiger partial charge in [-0.15, -0.1) is 0 Å². The maximum absolute atomic E-state index is 5.53. The van der Waals surface area contributed by atoms with Crippen molar-refractivity contribution < 1.29 is 0 Å². The van der Waals surface area contributed by atoms with Crippen LogP contribution >= 0.6 is 24.0 Å². The molecule has 6 heteroatoms. The first-order valence-electron chi connectivity index (χ1n) is 5.74. The van der Waals surface area contributed by atoms with Gasteiger partial charge in [-0.1, -0.05) is 18.6 Å². The standard InChI is InChI=1S/C11H16N4S2/c12-10(16)9-4-5-13-11(15-9)14-7-8-3-1-2-6-17-8/h4-5,8H,1-3,6-7H2,(H2,12,16)(H,13,14,15). The van der Waals surface area contributed by atoms with Crippen LogP contribution in [-0.2, 0) is 0 Å². The van der Waals surface area contributed by atoms with Gasteiger partial charge in [0.2, 0.25) is 5.95 Å². The van der Waals surface area contributed by atoms with Gasteiger partial charge >= 0.3 is 0 Å². The van der Waals surface area contributed by atoms with E-state index in [1.807, 2.05) is 11.8 Å². The minimum Gasteiger partial charge on any atom is -0.388 e. The molecule has 4 nitrogen and oxygen atoms in total. The van der Waals surface area contributed by atoms with Crippen molar-refractivity contribution >= 4 is 34.9 Å². The first-order chi connectivity index (χ1) is 8.25. The van der Waals surface area contributed by atoms with Crippen LogP contribution in [0.1, 0.15) is 25.0 Å². The molecule has 1 aliphatic rings. The summed E-state index contributed by atoms with van der Waals surface area (Å²) in [5.41, 5.74) is 6.15. The van der Waals surface area contributed by atoms with Crippen molar-refractivity contribution in [3.05, 3.63) is 18.0 Å². The molecule has 1 aromatic heterocycles. The number of nitrogens with one attached hydrogen (secondary N) is 1. The topological polar surface area (TPSA) is 63.8 Å². The van der Waals surface area contributed by atoms with Gasteiger partial charge < -0.3 is 11.1 Å². The van der Waals surface area contributed by atoms with Gasteiger partial charge in [-0.3, -0.25) is 0 Å². The number of nitrogens with zero attached hydrogens (tertiary/aromatic N) is 2. The van der Waals surface area contributed by atoms with Crippen molar-refractivity contribution in [2.75, 3.05) is 17.6 Å². The Balaban J connectivity index is 1.89. The predicted octanol–water partition coefficient (Wildman–Crippen LogP) is 1.81. The van der Waals surface area contributed by atoms with Crippen LogP contribution < -0.4 is 11.1 Å². The van der Waals surface area contributed by atoms with Crippen molar-refractivity contribution in [3.8, 4) is 0 Å². The number of hydrogen-bond donors (Lipinski definition) is 2. The van der Waals surface area contributed by atoms with Crippen LogP contribution in [0, 0.1) is 0 Å². The monoisotopic (exact) mass is 268 g/mol. The number of nitrogens with two attached hydrogens (primary N) is 1. The van der Waals surface area contributed by atoms with Gasteiger partial charge in [-0.2, -0.15) is 11.8 Å². The number of rotatable bonds is 4. The Hall–Kier alpha value is -0.880. The maximum Gasteiger partial charge on any atom is 0.223 e. The minimum absolute atomic E-state index is 0.308. The van der Waals surface area contributed by atoms with Crippen LogP contribution in [0.5, 0.6) is 0 Å². The molecule has 0 saturated carbocycles. The second kappa shape index (κ2) is 6.16. The summed E-state index contributed by atoms with van der Waals surface area (Å²) in [6.45, 7) is 0.908. The molecule has 1 aliphatic heterocycles. The molecule has 1 fully saturated rings. The van der Waals surface area contributed by atoms with Gasteiger partial charge in [0.25, 0.3) is 0 Å². The molecule has 1 unspecified atom stereocenters. The molecular weight excluding hydrogens is 252 g/mol. The lowest BCUT2D eigenvalue weighted by molar-refractivity contribution is 0.676. The molecule has 2 heterocycles. The normalized spacial score (nSPS) is 19.9. The minimum atomic E-state index is 0.308. The molecule has 1 atom stereocenters. The molecular formula is C11H16N4S2. The first-order valence-corrected chi connectivity index (χ1v) is 7.20. The van der Waals surface area contributed by atoms with E-state index in [4.69, 9.17) is 18.0 Å². The summed E-state index contributed by atoms with van der Waals surface area (Å²) in [7, 11) is 0. The summed E-state index contributed by atoms with van der Waals surface area (Å²) in [5.74, 6) is 1.88. The van der Waals surface area contributed by atoms with Crippen molar-refractivity contribution in [2.24, 2.45) is 5.73 Å². The highest BCUT2D eigenvalue weighted by molar-refractivity contribution is 7.99. The van der Waals surface area contributed by atoms with E-state index >= 15 is 0 Å². The highest BCUT2D eigenvalue weighted by atomic mass is 32.2. The molecule has 1 saturated heterocycles. The summed E-state index contributed by atoms with van der Waals surface area (Å²) >= 11 is 6.91. The van der Waals surface area contributed by atoms with Gasteiger partial charge in [-0.25, -0.2) is 9.97 Å². The fraction of sp³-hybridized carbons (Fsp3) is 0.545. The van der Waals surface area contributed by atoms with E-state index in [0.29, 0.717) is 21.9 Å². The zero-order chi connectivity index (χ0) is 12.1. The van der Waals surface area contributed by atoms with Crippen LogP contribution in [-0.4, -0.2) is 32.5 Å².